The van der Waals surface area contributed by atoms with Gasteiger partial charge in [-0.05, 0) is 55.4 Å². The lowest BCUT2D eigenvalue weighted by molar-refractivity contribution is -0.173. The van der Waals surface area contributed by atoms with Crippen LogP contribution in [-0.4, -0.2) is 40.6 Å². The number of carbonyl (C=O) groups is 4. The molecule has 4 rings (SSSR count). The summed E-state index contributed by atoms with van der Waals surface area (Å²) in [7, 11) is 0. The van der Waals surface area contributed by atoms with E-state index in [0.29, 0.717) is 25.7 Å². The Morgan fingerprint density at radius 1 is 1.17 bits per heavy atom. The Morgan fingerprint density at radius 2 is 1.90 bits per heavy atom. The number of hydrogen-bond acceptors (Lipinski definition) is 6. The smallest absolute Gasteiger partial charge is 0.303 e. The van der Waals surface area contributed by atoms with Gasteiger partial charge in [-0.25, -0.2) is 0 Å². The highest BCUT2D eigenvalue weighted by atomic mass is 16.5. The maximum Gasteiger partial charge on any atom is 0.303 e. The van der Waals surface area contributed by atoms with E-state index in [1.54, 1.807) is 6.08 Å². The lowest BCUT2D eigenvalue weighted by Crippen LogP contribution is -2.61. The summed E-state index contributed by atoms with van der Waals surface area (Å²) in [4.78, 5) is 49.4. The van der Waals surface area contributed by atoms with Crippen molar-refractivity contribution in [1.29, 1.82) is 0 Å². The maximum absolute atomic E-state index is 13.5. The highest BCUT2D eigenvalue weighted by molar-refractivity contribution is 5.95. The van der Waals surface area contributed by atoms with Crippen LogP contribution < -0.4 is 0 Å². The molecule has 6 atom stereocenters. The number of rotatable bonds is 3. The van der Waals surface area contributed by atoms with Crippen LogP contribution >= 0.6 is 0 Å². The van der Waals surface area contributed by atoms with Crippen LogP contribution in [0.5, 0.6) is 0 Å². The Balaban J connectivity index is 1.66. The van der Waals surface area contributed by atoms with Gasteiger partial charge in [0.1, 0.15) is 11.4 Å². The first kappa shape index (κ1) is 20.5. The molecule has 3 fully saturated rings. The first-order valence-corrected chi connectivity index (χ1v) is 10.7. The van der Waals surface area contributed by atoms with Crippen LogP contribution in [0.2, 0.25) is 0 Å². The van der Waals surface area contributed by atoms with Gasteiger partial charge in [-0.15, -0.1) is 0 Å². The van der Waals surface area contributed by atoms with Crippen LogP contribution in [0.15, 0.2) is 11.6 Å². The SMILES string of the molecule is CC(=O)OCC(=O)[C@]1(O)CC[C@@H]2[C@H]3CCC4=CC(=O)CC[C@@]4(C)[C@@H]3C(=O)C[C@]21C. The minimum absolute atomic E-state index is 0.0625. The van der Waals surface area contributed by atoms with Gasteiger partial charge in [0, 0.05) is 31.1 Å². The van der Waals surface area contributed by atoms with Gasteiger partial charge in [-0.1, -0.05) is 19.4 Å². The summed E-state index contributed by atoms with van der Waals surface area (Å²) in [6.07, 6.45) is 5.66. The average molecular weight is 402 g/mol. The summed E-state index contributed by atoms with van der Waals surface area (Å²) < 4.78 is 4.86. The van der Waals surface area contributed by atoms with Gasteiger partial charge in [-0.2, -0.15) is 0 Å². The van der Waals surface area contributed by atoms with Crippen LogP contribution in [0.1, 0.15) is 65.7 Å². The molecule has 4 aliphatic carbocycles. The second-order valence-corrected chi connectivity index (χ2v) is 10.0. The Morgan fingerprint density at radius 3 is 2.59 bits per heavy atom. The fraction of sp³-hybridized carbons (Fsp3) is 0.739. The van der Waals surface area contributed by atoms with Gasteiger partial charge in [-0.3, -0.25) is 19.2 Å². The molecule has 4 aliphatic rings. The summed E-state index contributed by atoms with van der Waals surface area (Å²) >= 11 is 0. The number of fused-ring (bicyclic) bond motifs is 5. The molecule has 0 amide bonds. The molecule has 0 aromatic heterocycles. The summed E-state index contributed by atoms with van der Waals surface area (Å²) in [5, 5.41) is 11.4. The summed E-state index contributed by atoms with van der Waals surface area (Å²) in [5.41, 5.74) is -1.68. The van der Waals surface area contributed by atoms with Gasteiger partial charge in [0.05, 0.1) is 0 Å². The topological polar surface area (TPSA) is 97.7 Å². The molecule has 0 bridgehead atoms. The molecule has 0 spiro atoms. The van der Waals surface area contributed by atoms with Crippen LogP contribution in [-0.2, 0) is 23.9 Å². The van der Waals surface area contributed by atoms with E-state index in [0.717, 1.165) is 18.4 Å². The maximum atomic E-state index is 13.5. The van der Waals surface area contributed by atoms with Crippen LogP contribution in [0.25, 0.3) is 0 Å². The van der Waals surface area contributed by atoms with Crippen LogP contribution in [0.4, 0.5) is 0 Å². The van der Waals surface area contributed by atoms with Gasteiger partial charge in [0.25, 0.3) is 0 Å². The van der Waals surface area contributed by atoms with E-state index in [-0.39, 0.29) is 41.2 Å². The lowest BCUT2D eigenvalue weighted by Gasteiger charge is -2.57. The van der Waals surface area contributed by atoms with Gasteiger partial charge in [0.15, 0.2) is 12.4 Å². The van der Waals surface area contributed by atoms with Crippen molar-refractivity contribution >= 4 is 23.3 Å². The Labute approximate surface area is 171 Å². The van der Waals surface area contributed by atoms with Crippen molar-refractivity contribution in [2.45, 2.75) is 71.3 Å². The van der Waals surface area contributed by atoms with E-state index in [1.807, 2.05) is 6.92 Å². The number of aliphatic hydroxyl groups is 1. The van der Waals surface area contributed by atoms with Crippen LogP contribution in [0, 0.1) is 28.6 Å². The zero-order valence-corrected chi connectivity index (χ0v) is 17.5. The molecular weight excluding hydrogens is 372 g/mol. The van der Waals surface area contributed by atoms with E-state index in [4.69, 9.17) is 4.74 Å². The Hall–Kier alpha value is -1.82. The first-order chi connectivity index (χ1) is 13.5. The summed E-state index contributed by atoms with van der Waals surface area (Å²) in [5.74, 6) is -0.811. The number of ether oxygens (including phenoxy) is 1. The molecule has 0 saturated heterocycles. The molecule has 0 aromatic rings. The molecule has 6 nitrogen and oxygen atoms in total. The highest BCUT2D eigenvalue weighted by Gasteiger charge is 2.68. The molecule has 6 heteroatoms. The molecule has 1 N–H and O–H groups in total. The molecule has 0 aliphatic heterocycles. The Kier molecular flexibility index (Phi) is 4.65. The van der Waals surface area contributed by atoms with E-state index in [9.17, 15) is 24.3 Å². The second-order valence-electron chi connectivity index (χ2n) is 10.0. The summed E-state index contributed by atoms with van der Waals surface area (Å²) in [6.45, 7) is 4.76. The van der Waals surface area contributed by atoms with Crippen molar-refractivity contribution in [2.24, 2.45) is 28.6 Å². The van der Waals surface area contributed by atoms with E-state index in [2.05, 4.69) is 6.92 Å². The molecule has 158 valence electrons. The molecule has 0 radical (unpaired) electrons. The third-order valence-electron chi connectivity index (χ3n) is 8.67. The Bertz CT molecular complexity index is 827. The summed E-state index contributed by atoms with van der Waals surface area (Å²) in [6, 6.07) is 0. The van der Waals surface area contributed by atoms with Crippen LogP contribution in [0.3, 0.4) is 0 Å². The molecule has 29 heavy (non-hydrogen) atoms. The number of allylic oxidation sites excluding steroid dienone is 1. The van der Waals surface area contributed by atoms with Crippen molar-refractivity contribution < 1.29 is 29.0 Å². The number of ketones is 3. The standard InChI is InChI=1S/C23H30O6/c1-13(24)29-12-19(27)23(28)9-7-17-16-5-4-14-10-15(25)6-8-21(14,2)20(16)18(26)11-22(17,23)3/h10,16-17,20,28H,4-9,11-12H2,1-3H3/t16-,17-,20+,21-,22-,23-/m1/s1. The van der Waals surface area contributed by atoms with E-state index in [1.165, 1.54) is 6.92 Å². The number of Topliss-reactive ketones (excluding diaryl/α,β-unsaturated/α-hetero) is 2. The van der Waals surface area contributed by atoms with Gasteiger partial charge in [0.2, 0.25) is 5.78 Å². The molecule has 0 aromatic carbocycles. The molecule has 3 saturated carbocycles. The highest BCUT2D eigenvalue weighted by Crippen LogP contribution is 2.66. The fourth-order valence-corrected chi connectivity index (χ4v) is 7.13. The largest absolute Gasteiger partial charge is 0.458 e. The lowest BCUT2D eigenvalue weighted by atomic mass is 9.46. The predicted octanol–water partition coefficient (Wildman–Crippen LogP) is 2.56. The quantitative estimate of drug-likeness (QED) is 0.729. The van der Waals surface area contributed by atoms with E-state index < -0.39 is 29.4 Å². The van der Waals surface area contributed by atoms with E-state index >= 15 is 0 Å². The minimum Gasteiger partial charge on any atom is -0.458 e. The zero-order chi connectivity index (χ0) is 21.2. The number of esters is 1. The van der Waals surface area contributed by atoms with Crippen molar-refractivity contribution in [3.05, 3.63) is 11.6 Å². The van der Waals surface area contributed by atoms with Crippen molar-refractivity contribution in [3.63, 3.8) is 0 Å². The monoisotopic (exact) mass is 402 g/mol. The second kappa shape index (κ2) is 6.59. The van der Waals surface area contributed by atoms with Crippen molar-refractivity contribution in [1.82, 2.24) is 0 Å². The number of hydrogen-bond donors (Lipinski definition) is 1. The first-order valence-electron chi connectivity index (χ1n) is 10.7. The van der Waals surface area contributed by atoms with Gasteiger partial charge < -0.3 is 9.84 Å². The predicted molar refractivity (Wildman–Crippen MR) is 104 cm³/mol. The average Bonchev–Trinajstić information content (AvgIpc) is 2.91. The minimum atomic E-state index is -1.65. The fourth-order valence-electron chi connectivity index (χ4n) is 7.13. The molecule has 0 unspecified atom stereocenters. The van der Waals surface area contributed by atoms with Crippen molar-refractivity contribution in [3.8, 4) is 0 Å². The zero-order valence-electron chi connectivity index (χ0n) is 17.5. The molecule has 0 heterocycles. The number of carbonyl (C=O) groups excluding carboxylic acids is 4. The third kappa shape index (κ3) is 2.78. The van der Waals surface area contributed by atoms with Crippen molar-refractivity contribution in [2.75, 3.05) is 6.61 Å². The van der Waals surface area contributed by atoms with Gasteiger partial charge >= 0.3 is 5.97 Å². The molecular formula is C23H30O6. The third-order valence-corrected chi connectivity index (χ3v) is 8.67. The normalized spacial score (nSPS) is 43.7.